The lowest BCUT2D eigenvalue weighted by Gasteiger charge is -2.25. The summed E-state index contributed by atoms with van der Waals surface area (Å²) in [7, 11) is 1.63. The van der Waals surface area contributed by atoms with Crippen molar-refractivity contribution < 1.29 is 9.59 Å². The summed E-state index contributed by atoms with van der Waals surface area (Å²) in [6.45, 7) is 13.4. The molecule has 2 amide bonds. The van der Waals surface area contributed by atoms with Gasteiger partial charge in [0.05, 0.1) is 11.0 Å². The number of anilines is 2. The van der Waals surface area contributed by atoms with Crippen LogP contribution in [0.3, 0.4) is 0 Å². The average Bonchev–Trinajstić information content (AvgIpc) is 3.33. The topological polar surface area (TPSA) is 91.3 Å². The second-order valence-electron chi connectivity index (χ2n) is 12.6. The van der Waals surface area contributed by atoms with Crippen molar-refractivity contribution in [2.75, 3.05) is 38.5 Å². The van der Waals surface area contributed by atoms with Gasteiger partial charge in [0, 0.05) is 43.5 Å². The lowest BCUT2D eigenvalue weighted by Crippen LogP contribution is -2.34. The molecular weight excluding hydrogens is 524 g/mol. The number of imidazole rings is 1. The molecule has 2 aromatic carbocycles. The van der Waals surface area contributed by atoms with Crippen LogP contribution in [-0.2, 0) is 6.54 Å². The van der Waals surface area contributed by atoms with Gasteiger partial charge in [-0.25, -0.2) is 4.98 Å². The van der Waals surface area contributed by atoms with Crippen LogP contribution in [0.4, 0.5) is 11.6 Å². The van der Waals surface area contributed by atoms with Crippen molar-refractivity contribution in [3.63, 3.8) is 0 Å². The molecule has 4 rings (SSSR count). The first-order valence-corrected chi connectivity index (χ1v) is 15.8. The number of piperidine rings is 1. The number of fused-ring (bicyclic) bond motifs is 1. The minimum absolute atomic E-state index is 0.0972. The highest BCUT2D eigenvalue weighted by atomic mass is 16.2. The van der Waals surface area contributed by atoms with Crippen molar-refractivity contribution in [3.05, 3.63) is 53.6 Å². The van der Waals surface area contributed by atoms with E-state index >= 15 is 0 Å². The Balaban J connectivity index is 1.61. The number of nitrogens with one attached hydrogen (secondary N) is 3. The fourth-order valence-electron chi connectivity index (χ4n) is 5.59. The van der Waals surface area contributed by atoms with Crippen LogP contribution < -0.4 is 16.0 Å². The van der Waals surface area contributed by atoms with Crippen LogP contribution in [0.25, 0.3) is 11.0 Å². The van der Waals surface area contributed by atoms with Crippen LogP contribution in [0, 0.1) is 17.8 Å². The van der Waals surface area contributed by atoms with Gasteiger partial charge in [-0.3, -0.25) is 9.59 Å². The smallest absolute Gasteiger partial charge is 0.253 e. The molecule has 1 saturated heterocycles. The number of amides is 2. The van der Waals surface area contributed by atoms with Gasteiger partial charge < -0.3 is 25.4 Å². The molecule has 228 valence electrons. The molecule has 0 aliphatic carbocycles. The Labute approximate surface area is 251 Å². The van der Waals surface area contributed by atoms with E-state index in [4.69, 9.17) is 4.98 Å². The Kier molecular flexibility index (Phi) is 11.4. The fraction of sp³-hybridized carbons (Fsp3) is 0.559. The summed E-state index contributed by atoms with van der Waals surface area (Å²) in [6, 6.07) is 13.4. The molecule has 0 saturated carbocycles. The first-order valence-electron chi connectivity index (χ1n) is 15.8. The molecule has 3 N–H and O–H groups in total. The largest absolute Gasteiger partial charge is 0.355 e. The first-order chi connectivity index (χ1) is 20.2. The van der Waals surface area contributed by atoms with Gasteiger partial charge in [0.25, 0.3) is 11.8 Å². The SMILES string of the molecule is CNC(=O)c1ccc(Nc2nc3ccc(C(=O)N(CCC(C)C)CCC(C)C)cc3n2CCCC2CCNCC2)cc1. The van der Waals surface area contributed by atoms with Gasteiger partial charge in [-0.05, 0) is 112 Å². The van der Waals surface area contributed by atoms with Gasteiger partial charge >= 0.3 is 0 Å². The number of benzene rings is 2. The highest BCUT2D eigenvalue weighted by Crippen LogP contribution is 2.27. The number of aryl methyl sites for hydroxylation is 1. The van der Waals surface area contributed by atoms with Crippen molar-refractivity contribution in [1.29, 1.82) is 0 Å². The van der Waals surface area contributed by atoms with E-state index in [9.17, 15) is 9.59 Å². The molecule has 8 heteroatoms. The number of hydrogen-bond donors (Lipinski definition) is 3. The molecule has 3 aromatic rings. The van der Waals surface area contributed by atoms with E-state index in [0.717, 1.165) is 86.1 Å². The van der Waals surface area contributed by atoms with E-state index in [1.807, 2.05) is 47.4 Å². The highest BCUT2D eigenvalue weighted by Gasteiger charge is 2.20. The van der Waals surface area contributed by atoms with Crippen molar-refractivity contribution in [3.8, 4) is 0 Å². The summed E-state index contributed by atoms with van der Waals surface area (Å²) in [5.41, 5.74) is 4.04. The van der Waals surface area contributed by atoms with Gasteiger partial charge in [-0.2, -0.15) is 0 Å². The van der Waals surface area contributed by atoms with Crippen molar-refractivity contribution >= 4 is 34.5 Å². The third-order valence-electron chi connectivity index (χ3n) is 8.32. The Morgan fingerprint density at radius 1 is 0.976 bits per heavy atom. The van der Waals surface area contributed by atoms with E-state index in [1.165, 1.54) is 19.3 Å². The van der Waals surface area contributed by atoms with Crippen molar-refractivity contribution in [2.45, 2.75) is 72.8 Å². The number of aromatic nitrogens is 2. The van der Waals surface area contributed by atoms with Crippen LogP contribution >= 0.6 is 0 Å². The first kappa shape index (κ1) is 31.5. The summed E-state index contributed by atoms with van der Waals surface area (Å²) < 4.78 is 2.23. The number of carbonyl (C=O) groups is 2. The van der Waals surface area contributed by atoms with Crippen molar-refractivity contribution in [1.82, 2.24) is 25.1 Å². The molecule has 42 heavy (non-hydrogen) atoms. The zero-order valence-corrected chi connectivity index (χ0v) is 26.2. The van der Waals surface area contributed by atoms with Gasteiger partial charge in [0.1, 0.15) is 0 Å². The molecule has 1 aliphatic rings. The summed E-state index contributed by atoms with van der Waals surface area (Å²) in [5.74, 6) is 2.58. The molecule has 0 atom stereocenters. The standard InChI is InChI=1S/C34H50N6O2/c1-24(2)16-21-39(22-17-25(3)4)33(42)28-10-13-30-31(23-28)40(20-6-7-26-14-18-36-19-15-26)34(38-30)37-29-11-8-27(9-12-29)32(41)35-5/h8-13,23-26,36H,6-7,14-22H2,1-5H3,(H,35,41)(H,37,38). The van der Waals surface area contributed by atoms with Crippen LogP contribution in [0.5, 0.6) is 0 Å². The maximum Gasteiger partial charge on any atom is 0.253 e. The third-order valence-corrected chi connectivity index (χ3v) is 8.32. The molecule has 0 spiro atoms. The van der Waals surface area contributed by atoms with Crippen LogP contribution in [0.1, 0.15) is 86.9 Å². The van der Waals surface area contributed by atoms with E-state index in [0.29, 0.717) is 17.4 Å². The third kappa shape index (κ3) is 8.57. The summed E-state index contributed by atoms with van der Waals surface area (Å²) in [5, 5.41) is 9.62. The molecule has 0 unspecified atom stereocenters. The maximum atomic E-state index is 13.8. The Hall–Kier alpha value is -3.39. The summed E-state index contributed by atoms with van der Waals surface area (Å²) in [4.78, 5) is 32.8. The van der Waals surface area contributed by atoms with Crippen molar-refractivity contribution in [2.24, 2.45) is 17.8 Å². The monoisotopic (exact) mass is 574 g/mol. The average molecular weight is 575 g/mol. The van der Waals surface area contributed by atoms with E-state index in [2.05, 4.69) is 48.2 Å². The lowest BCUT2D eigenvalue weighted by atomic mass is 9.93. The summed E-state index contributed by atoms with van der Waals surface area (Å²) >= 11 is 0. The van der Waals surface area contributed by atoms with E-state index < -0.39 is 0 Å². The van der Waals surface area contributed by atoms with Gasteiger partial charge in [0.15, 0.2) is 0 Å². The minimum atomic E-state index is -0.111. The molecule has 2 heterocycles. The highest BCUT2D eigenvalue weighted by molar-refractivity contribution is 5.98. The van der Waals surface area contributed by atoms with Crippen LogP contribution in [0.2, 0.25) is 0 Å². The predicted molar refractivity (Wildman–Crippen MR) is 172 cm³/mol. The molecular formula is C34H50N6O2. The molecule has 0 bridgehead atoms. The number of rotatable bonds is 14. The second kappa shape index (κ2) is 15.2. The molecule has 1 fully saturated rings. The van der Waals surface area contributed by atoms with Gasteiger partial charge in [-0.15, -0.1) is 0 Å². The molecule has 8 nitrogen and oxygen atoms in total. The predicted octanol–water partition coefficient (Wildman–Crippen LogP) is 6.45. The normalized spacial score (nSPS) is 14.1. The zero-order valence-electron chi connectivity index (χ0n) is 26.2. The lowest BCUT2D eigenvalue weighted by molar-refractivity contribution is 0.0740. The fourth-order valence-corrected chi connectivity index (χ4v) is 5.59. The number of carbonyl (C=O) groups excluding carboxylic acids is 2. The molecule has 1 aromatic heterocycles. The van der Waals surface area contributed by atoms with Gasteiger partial charge in [-0.1, -0.05) is 27.7 Å². The Morgan fingerprint density at radius 3 is 2.24 bits per heavy atom. The van der Waals surface area contributed by atoms with Crippen LogP contribution in [0.15, 0.2) is 42.5 Å². The number of hydrogen-bond acceptors (Lipinski definition) is 5. The van der Waals surface area contributed by atoms with Crippen LogP contribution in [-0.4, -0.2) is 59.5 Å². The Bertz CT molecular complexity index is 1300. The van der Waals surface area contributed by atoms with E-state index in [1.54, 1.807) is 7.05 Å². The summed E-state index contributed by atoms with van der Waals surface area (Å²) in [6.07, 6.45) is 6.68. The zero-order chi connectivity index (χ0) is 30.1. The van der Waals surface area contributed by atoms with Gasteiger partial charge in [0.2, 0.25) is 5.95 Å². The number of nitrogens with zero attached hydrogens (tertiary/aromatic N) is 3. The van der Waals surface area contributed by atoms with E-state index in [-0.39, 0.29) is 11.8 Å². The Morgan fingerprint density at radius 2 is 1.62 bits per heavy atom. The molecule has 1 aliphatic heterocycles. The maximum absolute atomic E-state index is 13.8. The minimum Gasteiger partial charge on any atom is -0.355 e. The quantitative estimate of drug-likeness (QED) is 0.206. The second-order valence-corrected chi connectivity index (χ2v) is 12.6. The molecule has 0 radical (unpaired) electrons.